The van der Waals surface area contributed by atoms with Gasteiger partial charge < -0.3 is 14.2 Å². The van der Waals surface area contributed by atoms with Gasteiger partial charge >= 0.3 is 11.9 Å². The summed E-state index contributed by atoms with van der Waals surface area (Å²) in [4.78, 5) is 22.6. The second-order valence-electron chi connectivity index (χ2n) is 4.13. The minimum Gasteiger partial charge on any atom is -0.460 e. The van der Waals surface area contributed by atoms with Gasteiger partial charge in [-0.15, -0.1) is 0 Å². The third kappa shape index (κ3) is 6.53. The number of aromatic nitrogens is 1. The van der Waals surface area contributed by atoms with Crippen LogP contribution in [0.3, 0.4) is 0 Å². The van der Waals surface area contributed by atoms with Gasteiger partial charge in [-0.25, -0.2) is 9.59 Å². The predicted molar refractivity (Wildman–Crippen MR) is 70.7 cm³/mol. The number of carbonyl (C=O) groups is 2. The van der Waals surface area contributed by atoms with E-state index < -0.39 is 11.9 Å². The van der Waals surface area contributed by atoms with E-state index in [-0.39, 0.29) is 26.4 Å². The Morgan fingerprint density at radius 1 is 1.14 bits per heavy atom. The van der Waals surface area contributed by atoms with Crippen LogP contribution in [0.2, 0.25) is 0 Å². The molecule has 0 aliphatic rings. The zero-order valence-electron chi connectivity index (χ0n) is 11.8. The molecule has 1 rings (SSSR count). The number of rotatable bonds is 8. The van der Waals surface area contributed by atoms with Crippen LogP contribution < -0.4 is 4.73 Å². The quantitative estimate of drug-likeness (QED) is 0.247. The third-order valence-corrected chi connectivity index (χ3v) is 2.32. The molecule has 7 nitrogen and oxygen atoms in total. The van der Waals surface area contributed by atoms with E-state index in [0.717, 1.165) is 4.73 Å². The highest BCUT2D eigenvalue weighted by molar-refractivity contribution is 5.89. The summed E-state index contributed by atoms with van der Waals surface area (Å²) in [5.41, 5.74) is 0.659. The minimum absolute atomic E-state index is 0.0846. The van der Waals surface area contributed by atoms with Crippen molar-refractivity contribution in [1.29, 1.82) is 0 Å². The standard InChI is InChI=1S/C14H18NO6/c1-11(2)13(16)20-9-7-19-8-10-21-14(17)12-3-5-15(18)6-4-12/h3-6,18H,1,7-10H2,2H3/q+1. The van der Waals surface area contributed by atoms with Gasteiger partial charge in [0.1, 0.15) is 13.2 Å². The smallest absolute Gasteiger partial charge is 0.338 e. The number of esters is 2. The first-order valence-electron chi connectivity index (χ1n) is 6.29. The van der Waals surface area contributed by atoms with Gasteiger partial charge in [-0.3, -0.25) is 5.21 Å². The van der Waals surface area contributed by atoms with Gasteiger partial charge in [-0.2, -0.15) is 0 Å². The first kappa shape index (κ1) is 16.6. The number of nitrogens with zero attached hydrogens (tertiary/aromatic N) is 1. The Labute approximate surface area is 122 Å². The van der Waals surface area contributed by atoms with Crippen LogP contribution in [0.25, 0.3) is 0 Å². The van der Waals surface area contributed by atoms with Crippen LogP contribution in [0.5, 0.6) is 0 Å². The van der Waals surface area contributed by atoms with Crippen LogP contribution in [0.1, 0.15) is 17.3 Å². The highest BCUT2D eigenvalue weighted by Crippen LogP contribution is 1.98. The number of hydrogen-bond donors (Lipinski definition) is 1. The van der Waals surface area contributed by atoms with Gasteiger partial charge in [0.2, 0.25) is 12.4 Å². The third-order valence-electron chi connectivity index (χ3n) is 2.32. The molecule has 0 bridgehead atoms. The molecule has 0 unspecified atom stereocenters. The van der Waals surface area contributed by atoms with E-state index in [1.807, 2.05) is 0 Å². The zero-order chi connectivity index (χ0) is 15.7. The lowest BCUT2D eigenvalue weighted by atomic mass is 10.3. The largest absolute Gasteiger partial charge is 0.460 e. The molecule has 0 aromatic carbocycles. The van der Waals surface area contributed by atoms with Crippen LogP contribution >= 0.6 is 0 Å². The second kappa shape index (κ2) is 8.70. The van der Waals surface area contributed by atoms with Crippen LogP contribution in [0.4, 0.5) is 0 Å². The zero-order valence-corrected chi connectivity index (χ0v) is 11.8. The Morgan fingerprint density at radius 2 is 1.71 bits per heavy atom. The van der Waals surface area contributed by atoms with Crippen LogP contribution in [-0.2, 0) is 19.0 Å². The number of hydrogen-bond acceptors (Lipinski definition) is 6. The summed E-state index contributed by atoms with van der Waals surface area (Å²) < 4.78 is 15.7. The molecule has 114 valence electrons. The van der Waals surface area contributed by atoms with Crippen molar-refractivity contribution >= 4 is 11.9 Å². The summed E-state index contributed by atoms with van der Waals surface area (Å²) in [6, 6.07) is 2.86. The molecule has 7 heteroatoms. The summed E-state index contributed by atoms with van der Waals surface area (Å²) in [5, 5.41) is 9.01. The molecule has 0 amide bonds. The fourth-order valence-corrected chi connectivity index (χ4v) is 1.25. The SMILES string of the molecule is C=C(C)C(=O)OCCOCCOC(=O)c1cc[n+](O)cc1. The molecule has 0 aliphatic heterocycles. The van der Waals surface area contributed by atoms with Crippen molar-refractivity contribution in [2.75, 3.05) is 26.4 Å². The lowest BCUT2D eigenvalue weighted by molar-refractivity contribution is -0.904. The van der Waals surface area contributed by atoms with Crippen molar-refractivity contribution in [3.8, 4) is 0 Å². The highest BCUT2D eigenvalue weighted by Gasteiger charge is 2.09. The summed E-state index contributed by atoms with van der Waals surface area (Å²) in [6.07, 6.45) is 2.64. The Morgan fingerprint density at radius 3 is 2.29 bits per heavy atom. The Balaban J connectivity index is 2.09. The van der Waals surface area contributed by atoms with Crippen molar-refractivity contribution in [1.82, 2.24) is 0 Å². The normalized spacial score (nSPS) is 9.95. The van der Waals surface area contributed by atoms with Crippen LogP contribution in [-0.4, -0.2) is 43.6 Å². The summed E-state index contributed by atoms with van der Waals surface area (Å²) in [5.74, 6) is -0.969. The van der Waals surface area contributed by atoms with Crippen molar-refractivity contribution in [3.63, 3.8) is 0 Å². The van der Waals surface area contributed by atoms with E-state index in [9.17, 15) is 9.59 Å². The molecule has 1 aromatic heterocycles. The molecule has 0 spiro atoms. The molecular formula is C14H18NO6+. The van der Waals surface area contributed by atoms with E-state index in [2.05, 4.69) is 6.58 Å². The molecule has 0 aliphatic carbocycles. The number of pyridine rings is 1. The Hall–Kier alpha value is -2.41. The van der Waals surface area contributed by atoms with Crippen molar-refractivity contribution in [3.05, 3.63) is 42.2 Å². The topological polar surface area (TPSA) is 85.9 Å². The molecule has 0 fully saturated rings. The van der Waals surface area contributed by atoms with Crippen LogP contribution in [0.15, 0.2) is 36.7 Å². The average Bonchev–Trinajstić information content (AvgIpc) is 2.46. The number of ether oxygens (including phenoxy) is 3. The van der Waals surface area contributed by atoms with Crippen molar-refractivity contribution in [2.24, 2.45) is 0 Å². The summed E-state index contributed by atoms with van der Waals surface area (Å²) in [7, 11) is 0. The summed E-state index contributed by atoms with van der Waals surface area (Å²) >= 11 is 0. The van der Waals surface area contributed by atoms with Crippen molar-refractivity contribution in [2.45, 2.75) is 6.92 Å². The maximum absolute atomic E-state index is 11.6. The Bertz CT molecular complexity index is 497. The van der Waals surface area contributed by atoms with Gasteiger partial charge in [0.05, 0.1) is 18.8 Å². The second-order valence-corrected chi connectivity index (χ2v) is 4.13. The van der Waals surface area contributed by atoms with E-state index in [4.69, 9.17) is 19.4 Å². The molecule has 0 radical (unpaired) electrons. The Kier molecular flexibility index (Phi) is 6.90. The minimum atomic E-state index is -0.507. The van der Waals surface area contributed by atoms with Gasteiger partial charge in [-0.05, 0) is 6.92 Å². The predicted octanol–water partition coefficient (Wildman–Crippen LogP) is 0.504. The first-order valence-corrected chi connectivity index (χ1v) is 6.29. The lowest BCUT2D eigenvalue weighted by Crippen LogP contribution is -2.28. The molecule has 1 N–H and O–H groups in total. The number of carbonyl (C=O) groups excluding carboxylic acids is 2. The van der Waals surface area contributed by atoms with Gasteiger partial charge in [0, 0.05) is 22.4 Å². The highest BCUT2D eigenvalue weighted by atomic mass is 16.6. The van der Waals surface area contributed by atoms with Gasteiger partial charge in [0.15, 0.2) is 0 Å². The molecule has 0 saturated carbocycles. The van der Waals surface area contributed by atoms with E-state index in [1.165, 1.54) is 24.5 Å². The van der Waals surface area contributed by atoms with E-state index in [0.29, 0.717) is 11.1 Å². The molecule has 1 aromatic rings. The average molecular weight is 296 g/mol. The fourth-order valence-electron chi connectivity index (χ4n) is 1.25. The lowest BCUT2D eigenvalue weighted by Gasteiger charge is -2.06. The maximum Gasteiger partial charge on any atom is 0.338 e. The van der Waals surface area contributed by atoms with Gasteiger partial charge in [-0.1, -0.05) is 6.58 Å². The fraction of sp³-hybridized carbons (Fsp3) is 0.357. The summed E-state index contributed by atoms with van der Waals surface area (Å²) in [6.45, 7) is 5.62. The molecule has 1 heterocycles. The van der Waals surface area contributed by atoms with Crippen LogP contribution in [0, 0.1) is 0 Å². The molecule has 0 saturated heterocycles. The van der Waals surface area contributed by atoms with E-state index >= 15 is 0 Å². The van der Waals surface area contributed by atoms with Crippen molar-refractivity contribution < 1.29 is 33.7 Å². The van der Waals surface area contributed by atoms with E-state index in [1.54, 1.807) is 6.92 Å². The molecular weight excluding hydrogens is 278 g/mol. The molecule has 21 heavy (non-hydrogen) atoms. The molecule has 0 atom stereocenters. The first-order chi connectivity index (χ1) is 10.0. The maximum atomic E-state index is 11.6. The monoisotopic (exact) mass is 296 g/mol. The van der Waals surface area contributed by atoms with Gasteiger partial charge in [0.25, 0.3) is 0 Å².